The Bertz CT molecular complexity index is 479. The molecule has 1 radical (unpaired) electrons. The van der Waals surface area contributed by atoms with Crippen LogP contribution in [0.5, 0.6) is 0 Å². The molecule has 0 amide bonds. The molecule has 1 aromatic heterocycles. The van der Waals surface area contributed by atoms with Gasteiger partial charge in [-0.2, -0.15) is 0 Å². The monoisotopic (exact) mass is 214 g/mol. The van der Waals surface area contributed by atoms with E-state index >= 15 is 0 Å². The molecule has 16 heavy (non-hydrogen) atoms. The van der Waals surface area contributed by atoms with Crippen LogP contribution < -0.4 is 0 Å². The number of hydrogen-bond acceptors (Lipinski definition) is 2. The van der Waals surface area contributed by atoms with Crippen LogP contribution in [-0.4, -0.2) is 10.8 Å². The highest BCUT2D eigenvalue weighted by Crippen LogP contribution is 2.09. The van der Waals surface area contributed by atoms with Crippen LogP contribution in [0.3, 0.4) is 0 Å². The van der Waals surface area contributed by atoms with Crippen molar-refractivity contribution in [3.8, 4) is 0 Å². The predicted octanol–water partition coefficient (Wildman–Crippen LogP) is 2.66. The number of nitrogens with zero attached hydrogens (tertiary/aromatic N) is 1. The summed E-state index contributed by atoms with van der Waals surface area (Å²) in [6.45, 7) is 0. The summed E-state index contributed by atoms with van der Waals surface area (Å²) in [7, 11) is 0. The van der Waals surface area contributed by atoms with E-state index in [2.05, 4.69) is 4.98 Å². The van der Waals surface area contributed by atoms with E-state index in [4.69, 9.17) is 0 Å². The Labute approximate surface area is 92.8 Å². The van der Waals surface area contributed by atoms with Gasteiger partial charge in [0, 0.05) is 18.0 Å². The first-order valence-electron chi connectivity index (χ1n) is 4.80. The van der Waals surface area contributed by atoms with E-state index < -0.39 is 0 Å². The van der Waals surface area contributed by atoms with E-state index in [0.717, 1.165) is 5.56 Å². The van der Waals surface area contributed by atoms with Crippen molar-refractivity contribution in [2.45, 2.75) is 0 Å². The normalized spacial score (nSPS) is 10.1. The van der Waals surface area contributed by atoms with E-state index in [0.29, 0.717) is 5.56 Å². The van der Waals surface area contributed by atoms with Crippen molar-refractivity contribution in [3.05, 3.63) is 72.2 Å². The average molecular weight is 214 g/mol. The maximum Gasteiger partial charge on any atom is 0.171 e. The first kappa shape index (κ1) is 10.5. The Morgan fingerprint density at radius 3 is 2.31 bits per heavy atom. The van der Waals surface area contributed by atoms with Crippen LogP contribution in [0, 0.1) is 12.2 Å². The summed E-state index contributed by atoms with van der Waals surface area (Å²) in [6.07, 6.45) is 4.72. The first-order chi connectivity index (χ1) is 7.75. The van der Waals surface area contributed by atoms with Crippen LogP contribution in [0.1, 0.15) is 15.9 Å². The molecule has 2 rings (SSSR count). The number of Topliss-reactive ketones (excluding diaryl/α,β-unsaturated/α-hetero) is 1. The van der Waals surface area contributed by atoms with Gasteiger partial charge in [-0.15, -0.1) is 0 Å². The molecule has 79 valence electrons. The van der Waals surface area contributed by atoms with Gasteiger partial charge >= 0.3 is 0 Å². The Hall–Kier alpha value is -2.03. The molecule has 0 spiro atoms. The maximum absolute atomic E-state index is 12.6. The van der Waals surface area contributed by atoms with Crippen molar-refractivity contribution in [1.82, 2.24) is 4.98 Å². The van der Waals surface area contributed by atoms with E-state index in [1.54, 1.807) is 24.5 Å². The van der Waals surface area contributed by atoms with Crippen LogP contribution in [0.25, 0.3) is 0 Å². The van der Waals surface area contributed by atoms with Crippen LogP contribution in [-0.2, 0) is 0 Å². The van der Waals surface area contributed by atoms with E-state index in [1.165, 1.54) is 30.7 Å². The fourth-order valence-electron chi connectivity index (χ4n) is 1.31. The molecule has 0 bridgehead atoms. The Morgan fingerprint density at radius 2 is 1.69 bits per heavy atom. The van der Waals surface area contributed by atoms with Gasteiger partial charge in [0.05, 0.1) is 6.42 Å². The summed E-state index contributed by atoms with van der Waals surface area (Å²) < 4.78 is 12.6. The topological polar surface area (TPSA) is 30.0 Å². The lowest BCUT2D eigenvalue weighted by Gasteiger charge is -2.00. The standard InChI is InChI=1S/C13H9FNO/c14-12-3-1-11(2-4-12)13(16)9-10-5-7-15-8-6-10/h1-9H. The molecule has 0 atom stereocenters. The second-order valence-corrected chi connectivity index (χ2v) is 3.30. The summed E-state index contributed by atoms with van der Waals surface area (Å²) in [5.41, 5.74) is 1.25. The number of ketones is 1. The van der Waals surface area contributed by atoms with Crippen molar-refractivity contribution in [2.24, 2.45) is 0 Å². The third-order valence-electron chi connectivity index (χ3n) is 2.13. The molecule has 1 heterocycles. The molecule has 0 saturated heterocycles. The van der Waals surface area contributed by atoms with Gasteiger partial charge in [0.2, 0.25) is 0 Å². The zero-order valence-corrected chi connectivity index (χ0v) is 8.43. The number of carbonyl (C=O) groups excluding carboxylic acids is 1. The number of rotatable bonds is 3. The van der Waals surface area contributed by atoms with Crippen LogP contribution in [0.2, 0.25) is 0 Å². The number of halogens is 1. The van der Waals surface area contributed by atoms with E-state index in [9.17, 15) is 9.18 Å². The zero-order valence-electron chi connectivity index (χ0n) is 8.43. The fraction of sp³-hybridized carbons (Fsp3) is 0. The quantitative estimate of drug-likeness (QED) is 0.735. The minimum absolute atomic E-state index is 0.147. The SMILES string of the molecule is O=C([CH]c1ccncc1)c1ccc(F)cc1. The van der Waals surface area contributed by atoms with Crippen molar-refractivity contribution in [1.29, 1.82) is 0 Å². The van der Waals surface area contributed by atoms with Crippen molar-refractivity contribution in [2.75, 3.05) is 0 Å². The molecule has 0 N–H and O–H groups in total. The molecule has 0 saturated carbocycles. The van der Waals surface area contributed by atoms with E-state index in [1.807, 2.05) is 0 Å². The molecule has 0 aliphatic heterocycles. The average Bonchev–Trinajstić information content (AvgIpc) is 2.31. The number of hydrogen-bond donors (Lipinski definition) is 0. The summed E-state index contributed by atoms with van der Waals surface area (Å²) in [6, 6.07) is 8.95. The van der Waals surface area contributed by atoms with Crippen LogP contribution in [0.4, 0.5) is 4.39 Å². The number of carbonyl (C=O) groups is 1. The zero-order chi connectivity index (χ0) is 11.4. The maximum atomic E-state index is 12.6. The van der Waals surface area contributed by atoms with Crippen molar-refractivity contribution >= 4 is 5.78 Å². The van der Waals surface area contributed by atoms with Gasteiger partial charge in [-0.3, -0.25) is 9.78 Å². The molecule has 2 nitrogen and oxygen atoms in total. The molecule has 0 aliphatic rings. The van der Waals surface area contributed by atoms with Gasteiger partial charge in [-0.05, 0) is 42.0 Å². The lowest BCUT2D eigenvalue weighted by atomic mass is 10.0. The Kier molecular flexibility index (Phi) is 3.05. The third kappa shape index (κ3) is 2.51. The molecular weight excluding hydrogens is 205 g/mol. The molecule has 0 unspecified atom stereocenters. The van der Waals surface area contributed by atoms with Gasteiger partial charge < -0.3 is 0 Å². The summed E-state index contributed by atoms with van der Waals surface area (Å²) >= 11 is 0. The molecule has 3 heteroatoms. The van der Waals surface area contributed by atoms with Gasteiger partial charge in [0.1, 0.15) is 5.82 Å². The lowest BCUT2D eigenvalue weighted by Crippen LogP contribution is -2.00. The molecule has 1 aromatic carbocycles. The van der Waals surface area contributed by atoms with Gasteiger partial charge in [-0.1, -0.05) is 0 Å². The van der Waals surface area contributed by atoms with Gasteiger partial charge in [0.15, 0.2) is 5.78 Å². The fourth-order valence-corrected chi connectivity index (χ4v) is 1.31. The second-order valence-electron chi connectivity index (χ2n) is 3.30. The largest absolute Gasteiger partial charge is 0.293 e. The second kappa shape index (κ2) is 4.66. The van der Waals surface area contributed by atoms with Gasteiger partial charge in [-0.25, -0.2) is 4.39 Å². The van der Waals surface area contributed by atoms with Crippen LogP contribution >= 0.6 is 0 Å². The van der Waals surface area contributed by atoms with Crippen molar-refractivity contribution < 1.29 is 9.18 Å². The summed E-state index contributed by atoms with van der Waals surface area (Å²) in [4.78, 5) is 15.6. The minimum Gasteiger partial charge on any atom is -0.293 e. The number of aromatic nitrogens is 1. The summed E-state index contributed by atoms with van der Waals surface area (Å²) in [5, 5.41) is 0. The lowest BCUT2D eigenvalue weighted by molar-refractivity contribution is 0.103. The predicted molar refractivity (Wildman–Crippen MR) is 58.4 cm³/mol. The Balaban J connectivity index is 2.12. The van der Waals surface area contributed by atoms with Gasteiger partial charge in [0.25, 0.3) is 0 Å². The highest BCUT2D eigenvalue weighted by molar-refractivity contribution is 6.04. The molecular formula is C13H9FNO. The highest BCUT2D eigenvalue weighted by atomic mass is 19.1. The van der Waals surface area contributed by atoms with E-state index in [-0.39, 0.29) is 11.6 Å². The first-order valence-corrected chi connectivity index (χ1v) is 4.80. The number of benzene rings is 1. The molecule has 0 fully saturated rings. The smallest absolute Gasteiger partial charge is 0.171 e. The third-order valence-corrected chi connectivity index (χ3v) is 2.13. The minimum atomic E-state index is -0.347. The Morgan fingerprint density at radius 1 is 1.06 bits per heavy atom. The van der Waals surface area contributed by atoms with Crippen molar-refractivity contribution in [3.63, 3.8) is 0 Å². The molecule has 2 aromatic rings. The summed E-state index contributed by atoms with van der Waals surface area (Å²) in [5.74, 6) is -0.494. The molecule has 0 aliphatic carbocycles. The highest BCUT2D eigenvalue weighted by Gasteiger charge is 2.07. The van der Waals surface area contributed by atoms with Crippen LogP contribution in [0.15, 0.2) is 48.8 Å². The number of pyridine rings is 1.